The van der Waals surface area contributed by atoms with Gasteiger partial charge in [0.05, 0.1) is 31.8 Å². The number of nitrogens with one attached hydrogen (secondary N) is 1. The summed E-state index contributed by atoms with van der Waals surface area (Å²) >= 11 is 1.64. The Hall–Kier alpha value is -0.910. The number of ether oxygens (including phenoxy) is 3. The van der Waals surface area contributed by atoms with Gasteiger partial charge in [0.15, 0.2) is 0 Å². The Morgan fingerprint density at radius 3 is 2.61 bits per heavy atom. The van der Waals surface area contributed by atoms with Gasteiger partial charge >= 0.3 is 0 Å². The summed E-state index contributed by atoms with van der Waals surface area (Å²) < 4.78 is 16.7. The van der Waals surface area contributed by atoms with Gasteiger partial charge in [-0.3, -0.25) is 0 Å². The lowest BCUT2D eigenvalue weighted by Crippen LogP contribution is -2.33. The molecule has 1 atom stereocenters. The van der Waals surface area contributed by atoms with Crippen LogP contribution in [-0.4, -0.2) is 40.2 Å². The zero-order valence-electron chi connectivity index (χ0n) is 11.0. The van der Waals surface area contributed by atoms with Gasteiger partial charge in [-0.05, 0) is 18.4 Å². The van der Waals surface area contributed by atoms with Crippen LogP contribution < -0.4 is 14.8 Å². The third-order valence-corrected chi connectivity index (χ3v) is 3.77. The molecule has 1 fully saturated rings. The van der Waals surface area contributed by atoms with Gasteiger partial charge in [-0.25, -0.2) is 0 Å². The molecule has 2 rings (SSSR count). The molecule has 4 nitrogen and oxygen atoms in total. The van der Waals surface area contributed by atoms with E-state index in [9.17, 15) is 0 Å². The van der Waals surface area contributed by atoms with Gasteiger partial charge in [-0.15, -0.1) is 11.8 Å². The average molecular weight is 269 g/mol. The van der Waals surface area contributed by atoms with E-state index in [-0.39, 0.29) is 6.10 Å². The zero-order chi connectivity index (χ0) is 13.0. The van der Waals surface area contributed by atoms with E-state index in [0.717, 1.165) is 41.7 Å². The van der Waals surface area contributed by atoms with Crippen LogP contribution in [0.5, 0.6) is 11.5 Å². The van der Waals surface area contributed by atoms with Crippen molar-refractivity contribution in [3.8, 4) is 11.5 Å². The first kappa shape index (κ1) is 13.5. The van der Waals surface area contributed by atoms with Crippen LogP contribution in [0, 0.1) is 0 Å². The quantitative estimate of drug-likeness (QED) is 0.847. The van der Waals surface area contributed by atoms with Crippen molar-refractivity contribution in [3.05, 3.63) is 17.7 Å². The van der Waals surface area contributed by atoms with Crippen LogP contribution in [0.4, 0.5) is 0 Å². The molecule has 0 saturated carbocycles. The fourth-order valence-corrected chi connectivity index (χ4v) is 2.64. The Labute approximate surface area is 112 Å². The van der Waals surface area contributed by atoms with Crippen LogP contribution >= 0.6 is 11.8 Å². The minimum atomic E-state index is 0.0264. The number of morpholine rings is 1. The minimum absolute atomic E-state index is 0.0264. The number of hydrogen-bond acceptors (Lipinski definition) is 5. The van der Waals surface area contributed by atoms with Crippen molar-refractivity contribution in [2.45, 2.75) is 11.0 Å². The van der Waals surface area contributed by atoms with Crippen molar-refractivity contribution in [2.75, 3.05) is 40.2 Å². The first-order valence-electron chi connectivity index (χ1n) is 5.92. The molecule has 1 heterocycles. The van der Waals surface area contributed by atoms with Gasteiger partial charge < -0.3 is 19.5 Å². The van der Waals surface area contributed by atoms with Gasteiger partial charge in [-0.2, -0.15) is 0 Å². The largest absolute Gasteiger partial charge is 0.496 e. The first-order chi connectivity index (χ1) is 8.80. The number of methoxy groups -OCH3 is 2. The number of hydrogen-bond donors (Lipinski definition) is 1. The third-order valence-electron chi connectivity index (χ3n) is 3.01. The molecule has 0 spiro atoms. The standard InChI is InChI=1S/C13H19NO3S/c1-15-10-7-13(18-3)11(16-2)6-9(10)12-8-14-4-5-17-12/h6-7,12,14H,4-5,8H2,1-3H3. The predicted molar refractivity (Wildman–Crippen MR) is 72.9 cm³/mol. The summed E-state index contributed by atoms with van der Waals surface area (Å²) in [6, 6.07) is 4.03. The van der Waals surface area contributed by atoms with Crippen molar-refractivity contribution < 1.29 is 14.2 Å². The second-order valence-electron chi connectivity index (χ2n) is 4.01. The van der Waals surface area contributed by atoms with Gasteiger partial charge in [0.2, 0.25) is 0 Å². The molecular formula is C13H19NO3S. The average Bonchev–Trinajstić information content (AvgIpc) is 2.46. The Kier molecular flexibility index (Phi) is 4.74. The van der Waals surface area contributed by atoms with Crippen molar-refractivity contribution in [1.29, 1.82) is 0 Å². The van der Waals surface area contributed by atoms with E-state index in [4.69, 9.17) is 14.2 Å². The normalized spacial score (nSPS) is 19.6. The number of benzene rings is 1. The van der Waals surface area contributed by atoms with E-state index in [0.29, 0.717) is 0 Å². The predicted octanol–water partition coefficient (Wildman–Crippen LogP) is 2.09. The van der Waals surface area contributed by atoms with Crippen molar-refractivity contribution >= 4 is 11.8 Å². The minimum Gasteiger partial charge on any atom is -0.496 e. The molecule has 5 heteroatoms. The monoisotopic (exact) mass is 269 g/mol. The van der Waals surface area contributed by atoms with E-state index in [1.807, 2.05) is 18.4 Å². The third kappa shape index (κ3) is 2.74. The summed E-state index contributed by atoms with van der Waals surface area (Å²) in [7, 11) is 3.37. The smallest absolute Gasteiger partial charge is 0.133 e. The lowest BCUT2D eigenvalue weighted by Gasteiger charge is -2.26. The summed E-state index contributed by atoms with van der Waals surface area (Å²) in [6.45, 7) is 2.43. The Morgan fingerprint density at radius 2 is 2.06 bits per heavy atom. The highest BCUT2D eigenvalue weighted by Gasteiger charge is 2.21. The molecule has 0 aromatic heterocycles. The molecule has 1 aliphatic heterocycles. The molecule has 1 N–H and O–H groups in total. The van der Waals surface area contributed by atoms with E-state index in [1.54, 1.807) is 26.0 Å². The molecule has 0 amide bonds. The van der Waals surface area contributed by atoms with Gasteiger partial charge in [0.25, 0.3) is 0 Å². The van der Waals surface area contributed by atoms with Crippen LogP contribution in [0.3, 0.4) is 0 Å². The summed E-state index contributed by atoms with van der Waals surface area (Å²) in [5, 5.41) is 3.32. The summed E-state index contributed by atoms with van der Waals surface area (Å²) in [4.78, 5) is 1.07. The molecule has 100 valence electrons. The molecule has 1 saturated heterocycles. The maximum Gasteiger partial charge on any atom is 0.133 e. The fourth-order valence-electron chi connectivity index (χ4n) is 2.07. The highest BCUT2D eigenvalue weighted by atomic mass is 32.2. The van der Waals surface area contributed by atoms with Crippen molar-refractivity contribution in [1.82, 2.24) is 5.32 Å². The Balaban J connectivity index is 2.37. The molecular weight excluding hydrogens is 250 g/mol. The van der Waals surface area contributed by atoms with Crippen LogP contribution in [0.2, 0.25) is 0 Å². The van der Waals surface area contributed by atoms with Crippen LogP contribution in [0.1, 0.15) is 11.7 Å². The topological polar surface area (TPSA) is 39.7 Å². The second kappa shape index (κ2) is 6.31. The van der Waals surface area contributed by atoms with Crippen LogP contribution in [0.15, 0.2) is 17.0 Å². The molecule has 1 aromatic rings. The SMILES string of the molecule is COc1cc(C2CNCCO2)c(OC)cc1SC. The zero-order valence-corrected chi connectivity index (χ0v) is 11.8. The Bertz CT molecular complexity index is 405. The molecule has 0 radical (unpaired) electrons. The Morgan fingerprint density at radius 1 is 1.28 bits per heavy atom. The highest BCUT2D eigenvalue weighted by Crippen LogP contribution is 2.38. The molecule has 0 bridgehead atoms. The fraction of sp³-hybridized carbons (Fsp3) is 0.538. The lowest BCUT2D eigenvalue weighted by atomic mass is 10.1. The molecule has 18 heavy (non-hydrogen) atoms. The molecule has 1 aliphatic rings. The van der Waals surface area contributed by atoms with Crippen molar-refractivity contribution in [3.63, 3.8) is 0 Å². The van der Waals surface area contributed by atoms with Gasteiger partial charge in [0.1, 0.15) is 11.5 Å². The van der Waals surface area contributed by atoms with Crippen molar-refractivity contribution in [2.24, 2.45) is 0 Å². The van der Waals surface area contributed by atoms with E-state index in [1.165, 1.54) is 0 Å². The summed E-state index contributed by atoms with van der Waals surface area (Å²) in [6.07, 6.45) is 2.05. The van der Waals surface area contributed by atoms with E-state index >= 15 is 0 Å². The van der Waals surface area contributed by atoms with E-state index in [2.05, 4.69) is 5.32 Å². The van der Waals surface area contributed by atoms with Crippen LogP contribution in [0.25, 0.3) is 0 Å². The van der Waals surface area contributed by atoms with Gasteiger partial charge in [-0.1, -0.05) is 0 Å². The maximum absolute atomic E-state index is 5.77. The molecule has 0 aliphatic carbocycles. The maximum atomic E-state index is 5.77. The summed E-state index contributed by atoms with van der Waals surface area (Å²) in [5.41, 5.74) is 1.04. The first-order valence-corrected chi connectivity index (χ1v) is 7.14. The molecule has 1 unspecified atom stereocenters. The number of rotatable bonds is 4. The summed E-state index contributed by atoms with van der Waals surface area (Å²) in [5.74, 6) is 1.72. The highest BCUT2D eigenvalue weighted by molar-refractivity contribution is 7.98. The van der Waals surface area contributed by atoms with Gasteiger partial charge in [0, 0.05) is 18.7 Å². The number of thioether (sulfide) groups is 1. The second-order valence-corrected chi connectivity index (χ2v) is 4.86. The lowest BCUT2D eigenvalue weighted by molar-refractivity contribution is 0.0261. The van der Waals surface area contributed by atoms with Crippen LogP contribution in [-0.2, 0) is 4.74 Å². The molecule has 1 aromatic carbocycles. The van der Waals surface area contributed by atoms with E-state index < -0.39 is 0 Å².